The normalized spacial score (nSPS) is 11.8. The van der Waals surface area contributed by atoms with Crippen molar-refractivity contribution in [2.45, 2.75) is 12.5 Å². The van der Waals surface area contributed by atoms with Crippen LogP contribution in [-0.2, 0) is 6.42 Å². The van der Waals surface area contributed by atoms with Crippen molar-refractivity contribution < 1.29 is 20.1 Å². The summed E-state index contributed by atoms with van der Waals surface area (Å²) in [6, 6.07) is 7.66. The summed E-state index contributed by atoms with van der Waals surface area (Å²) in [5, 5.41) is 27.9. The summed E-state index contributed by atoms with van der Waals surface area (Å²) in [4.78, 5) is 1.80. The molecular weight excluding hydrogens is 306 g/mol. The second-order valence-corrected chi connectivity index (χ2v) is 4.81. The van der Waals surface area contributed by atoms with Crippen molar-refractivity contribution in [3.8, 4) is 5.75 Å². The summed E-state index contributed by atoms with van der Waals surface area (Å²) >= 11 is 0. The van der Waals surface area contributed by atoms with E-state index in [1.54, 1.807) is 4.90 Å². The van der Waals surface area contributed by atoms with Crippen LogP contribution in [0.4, 0.5) is 0 Å². The van der Waals surface area contributed by atoms with Crippen LogP contribution < -0.4 is 4.74 Å². The van der Waals surface area contributed by atoms with Gasteiger partial charge in [0.25, 0.3) is 0 Å². The minimum Gasteiger partial charge on any atom is -0.491 e. The van der Waals surface area contributed by atoms with Crippen molar-refractivity contribution in [1.82, 2.24) is 4.90 Å². The van der Waals surface area contributed by atoms with Crippen molar-refractivity contribution in [3.05, 3.63) is 42.5 Å². The highest BCUT2D eigenvalue weighted by atomic mass is 35.5. The third kappa shape index (κ3) is 7.77. The van der Waals surface area contributed by atoms with E-state index >= 15 is 0 Å². The minimum atomic E-state index is -0.681. The fourth-order valence-corrected chi connectivity index (χ4v) is 2.08. The Labute approximate surface area is 138 Å². The van der Waals surface area contributed by atoms with Crippen LogP contribution in [0.2, 0.25) is 0 Å². The third-order valence-electron chi connectivity index (χ3n) is 3.07. The molecule has 0 aromatic heterocycles. The van der Waals surface area contributed by atoms with E-state index < -0.39 is 6.10 Å². The van der Waals surface area contributed by atoms with Crippen LogP contribution >= 0.6 is 12.4 Å². The minimum absolute atomic E-state index is 0. The topological polar surface area (TPSA) is 73.2 Å². The number of halogens is 1. The highest BCUT2D eigenvalue weighted by Gasteiger charge is 2.12. The second-order valence-electron chi connectivity index (χ2n) is 4.81. The van der Waals surface area contributed by atoms with Crippen LogP contribution in [0.1, 0.15) is 5.56 Å². The molecule has 0 aliphatic heterocycles. The van der Waals surface area contributed by atoms with E-state index in [-0.39, 0.29) is 32.2 Å². The Morgan fingerprint density at radius 2 is 1.82 bits per heavy atom. The van der Waals surface area contributed by atoms with Gasteiger partial charge in [0, 0.05) is 19.6 Å². The van der Waals surface area contributed by atoms with Gasteiger partial charge in [0.15, 0.2) is 0 Å². The van der Waals surface area contributed by atoms with Crippen LogP contribution in [0.5, 0.6) is 5.75 Å². The molecule has 22 heavy (non-hydrogen) atoms. The van der Waals surface area contributed by atoms with Crippen molar-refractivity contribution >= 4 is 12.4 Å². The molecule has 1 atom stereocenters. The number of hydrogen-bond donors (Lipinski definition) is 3. The first-order chi connectivity index (χ1) is 10.2. The average molecular weight is 332 g/mol. The molecule has 1 rings (SSSR count). The van der Waals surface area contributed by atoms with E-state index in [1.807, 2.05) is 30.3 Å². The largest absolute Gasteiger partial charge is 0.491 e. The molecule has 0 heterocycles. The number of aliphatic hydroxyl groups is 3. The zero-order valence-corrected chi connectivity index (χ0v) is 13.5. The summed E-state index contributed by atoms with van der Waals surface area (Å²) < 4.78 is 5.66. The van der Waals surface area contributed by atoms with Crippen molar-refractivity contribution in [2.75, 3.05) is 39.5 Å². The highest BCUT2D eigenvalue weighted by Crippen LogP contribution is 2.18. The van der Waals surface area contributed by atoms with Gasteiger partial charge in [0.05, 0.1) is 13.2 Å². The van der Waals surface area contributed by atoms with Crippen LogP contribution in [0.3, 0.4) is 0 Å². The predicted molar refractivity (Wildman–Crippen MR) is 89.7 cm³/mol. The van der Waals surface area contributed by atoms with E-state index in [0.717, 1.165) is 11.3 Å². The van der Waals surface area contributed by atoms with Gasteiger partial charge < -0.3 is 20.1 Å². The molecule has 0 saturated heterocycles. The first kappa shape index (κ1) is 20.9. The lowest BCUT2D eigenvalue weighted by Crippen LogP contribution is -2.38. The van der Waals surface area contributed by atoms with E-state index in [4.69, 9.17) is 14.9 Å². The first-order valence-electron chi connectivity index (χ1n) is 7.15. The number of hydrogen-bond acceptors (Lipinski definition) is 5. The Kier molecular flexibility index (Phi) is 11.8. The second kappa shape index (κ2) is 12.4. The monoisotopic (exact) mass is 331 g/mol. The molecule has 0 amide bonds. The van der Waals surface area contributed by atoms with Gasteiger partial charge in [0.2, 0.25) is 0 Å². The van der Waals surface area contributed by atoms with Crippen molar-refractivity contribution in [3.63, 3.8) is 0 Å². The molecule has 6 heteroatoms. The SMILES string of the molecule is C=CCc1ccccc1OCC(O)CN(CCO)CCO.Cl. The molecule has 0 radical (unpaired) electrons. The van der Waals surface area contributed by atoms with Crippen LogP contribution in [0.15, 0.2) is 36.9 Å². The predicted octanol–water partition coefficient (Wildman–Crippen LogP) is 0.863. The molecule has 0 aliphatic rings. The molecule has 0 spiro atoms. The molecule has 0 fully saturated rings. The lowest BCUT2D eigenvalue weighted by atomic mass is 10.1. The standard InChI is InChI=1S/C16H25NO4.ClH/c1-2-5-14-6-3-4-7-16(14)21-13-15(20)12-17(8-10-18)9-11-19;/h2-4,6-7,15,18-20H,1,5,8-13H2;1H. The fraction of sp³-hybridized carbons (Fsp3) is 0.500. The smallest absolute Gasteiger partial charge is 0.122 e. The van der Waals surface area contributed by atoms with E-state index in [1.165, 1.54) is 0 Å². The molecule has 1 aromatic carbocycles. The molecule has 3 N–H and O–H groups in total. The van der Waals surface area contributed by atoms with Crippen LogP contribution in [0.25, 0.3) is 0 Å². The Bertz CT molecular complexity index is 411. The first-order valence-corrected chi connectivity index (χ1v) is 7.15. The van der Waals surface area contributed by atoms with Gasteiger partial charge >= 0.3 is 0 Å². The van der Waals surface area contributed by atoms with Gasteiger partial charge in [-0.3, -0.25) is 4.90 Å². The van der Waals surface area contributed by atoms with Gasteiger partial charge in [-0.1, -0.05) is 24.3 Å². The summed E-state index contributed by atoms with van der Waals surface area (Å²) in [6.07, 6.45) is 1.84. The third-order valence-corrected chi connectivity index (χ3v) is 3.07. The number of nitrogens with zero attached hydrogens (tertiary/aromatic N) is 1. The Morgan fingerprint density at radius 3 is 2.41 bits per heavy atom. The summed E-state index contributed by atoms with van der Waals surface area (Å²) in [6.45, 7) is 5.07. The summed E-state index contributed by atoms with van der Waals surface area (Å²) in [5.74, 6) is 0.743. The van der Waals surface area contributed by atoms with E-state index in [2.05, 4.69) is 6.58 Å². The number of para-hydroxylation sites is 1. The number of rotatable bonds is 11. The van der Waals surface area contributed by atoms with E-state index in [9.17, 15) is 5.11 Å². The van der Waals surface area contributed by atoms with E-state index in [0.29, 0.717) is 26.1 Å². The molecule has 0 bridgehead atoms. The van der Waals surface area contributed by atoms with Crippen molar-refractivity contribution in [1.29, 1.82) is 0 Å². The number of aliphatic hydroxyl groups excluding tert-OH is 3. The lowest BCUT2D eigenvalue weighted by molar-refractivity contribution is 0.0550. The summed E-state index contributed by atoms with van der Waals surface area (Å²) in [7, 11) is 0. The summed E-state index contributed by atoms with van der Waals surface area (Å²) in [5.41, 5.74) is 1.03. The molecule has 0 aliphatic carbocycles. The van der Waals surface area contributed by atoms with Crippen molar-refractivity contribution in [2.24, 2.45) is 0 Å². The zero-order valence-electron chi connectivity index (χ0n) is 12.7. The molecule has 1 unspecified atom stereocenters. The number of allylic oxidation sites excluding steroid dienone is 1. The van der Waals surface area contributed by atoms with Gasteiger partial charge in [0.1, 0.15) is 18.5 Å². The maximum Gasteiger partial charge on any atom is 0.122 e. The molecule has 1 aromatic rings. The Hall–Kier alpha value is -1.11. The van der Waals surface area contributed by atoms with Gasteiger partial charge in [-0.2, -0.15) is 0 Å². The average Bonchev–Trinajstić information content (AvgIpc) is 2.47. The highest BCUT2D eigenvalue weighted by molar-refractivity contribution is 5.85. The molecule has 5 nitrogen and oxygen atoms in total. The maximum absolute atomic E-state index is 10.0. The van der Waals surface area contributed by atoms with Crippen LogP contribution in [-0.4, -0.2) is 65.8 Å². The molecular formula is C16H26ClNO4. The zero-order chi connectivity index (χ0) is 15.5. The lowest BCUT2D eigenvalue weighted by Gasteiger charge is -2.23. The maximum atomic E-state index is 10.0. The fourth-order valence-electron chi connectivity index (χ4n) is 2.08. The quantitative estimate of drug-likeness (QED) is 0.525. The molecule has 0 saturated carbocycles. The number of benzene rings is 1. The molecule has 126 valence electrons. The van der Waals surface area contributed by atoms with Gasteiger partial charge in [-0.25, -0.2) is 0 Å². The van der Waals surface area contributed by atoms with Crippen LogP contribution in [0, 0.1) is 0 Å². The van der Waals surface area contributed by atoms with Gasteiger partial charge in [-0.05, 0) is 18.1 Å². The Balaban J connectivity index is 0.00000441. The number of ether oxygens (including phenoxy) is 1. The van der Waals surface area contributed by atoms with Gasteiger partial charge in [-0.15, -0.1) is 19.0 Å². The Morgan fingerprint density at radius 1 is 1.18 bits per heavy atom.